The van der Waals surface area contributed by atoms with Crippen molar-refractivity contribution in [2.24, 2.45) is 0 Å². The molecular weight excluding hydrogens is 376 g/mol. The summed E-state index contributed by atoms with van der Waals surface area (Å²) in [4.78, 5) is 8.34. The minimum absolute atomic E-state index is 0.0328. The summed E-state index contributed by atoms with van der Waals surface area (Å²) in [6, 6.07) is 6.43. The fraction of sp³-hybridized carbons (Fsp3) is 0.125. The Bertz CT molecular complexity index is 994. The summed E-state index contributed by atoms with van der Waals surface area (Å²) in [6.07, 6.45) is -4.51. The molecule has 0 bridgehead atoms. The zero-order valence-corrected chi connectivity index (χ0v) is 13.7. The van der Waals surface area contributed by atoms with Gasteiger partial charge in [0.15, 0.2) is 12.4 Å². The zero-order valence-electron chi connectivity index (χ0n) is 12.9. The highest BCUT2D eigenvalue weighted by molar-refractivity contribution is 6.31. The third-order valence-corrected chi connectivity index (χ3v) is 3.72. The van der Waals surface area contributed by atoms with Crippen LogP contribution in [0.25, 0.3) is 22.3 Å². The van der Waals surface area contributed by atoms with Crippen molar-refractivity contribution in [3.63, 3.8) is 0 Å². The maximum Gasteiger partial charge on any atom is 0.422 e. The van der Waals surface area contributed by atoms with E-state index in [1.807, 2.05) is 0 Å². The number of anilines is 2. The highest BCUT2D eigenvalue weighted by atomic mass is 35.5. The van der Waals surface area contributed by atoms with Gasteiger partial charge in [-0.05, 0) is 24.3 Å². The maximum absolute atomic E-state index is 13.3. The fourth-order valence-electron chi connectivity index (χ4n) is 2.25. The molecule has 0 aliphatic rings. The van der Waals surface area contributed by atoms with Crippen molar-refractivity contribution in [1.82, 2.24) is 9.97 Å². The summed E-state index contributed by atoms with van der Waals surface area (Å²) < 4.78 is 55.1. The van der Waals surface area contributed by atoms with Gasteiger partial charge in [-0.15, -0.1) is 0 Å². The second kappa shape index (κ2) is 6.49. The number of alkyl halides is 3. The van der Waals surface area contributed by atoms with Gasteiger partial charge in [-0.25, -0.2) is 14.4 Å². The molecule has 0 fully saturated rings. The average molecular weight is 387 g/mol. The van der Waals surface area contributed by atoms with Crippen molar-refractivity contribution >= 4 is 34.0 Å². The van der Waals surface area contributed by atoms with Gasteiger partial charge < -0.3 is 16.2 Å². The molecule has 0 spiro atoms. The first-order valence-electron chi connectivity index (χ1n) is 7.16. The van der Waals surface area contributed by atoms with Gasteiger partial charge in [0.2, 0.25) is 0 Å². The van der Waals surface area contributed by atoms with E-state index < -0.39 is 18.6 Å². The first-order chi connectivity index (χ1) is 12.1. The van der Waals surface area contributed by atoms with Crippen molar-refractivity contribution in [3.05, 3.63) is 41.2 Å². The van der Waals surface area contributed by atoms with Gasteiger partial charge in [-0.3, -0.25) is 0 Å². The van der Waals surface area contributed by atoms with Gasteiger partial charge in [0.25, 0.3) is 0 Å². The van der Waals surface area contributed by atoms with Crippen molar-refractivity contribution in [3.8, 4) is 17.1 Å². The second-order valence-electron chi connectivity index (χ2n) is 5.37. The summed E-state index contributed by atoms with van der Waals surface area (Å²) in [5.41, 5.74) is 12.2. The molecule has 0 aliphatic carbocycles. The Kier molecular flexibility index (Phi) is 4.49. The number of benzene rings is 2. The molecule has 0 radical (unpaired) electrons. The van der Waals surface area contributed by atoms with Crippen molar-refractivity contribution in [1.29, 1.82) is 0 Å². The lowest BCUT2D eigenvalue weighted by molar-refractivity contribution is -0.153. The number of nitrogen functional groups attached to an aromatic ring is 2. The van der Waals surface area contributed by atoms with Crippen molar-refractivity contribution < 1.29 is 22.3 Å². The van der Waals surface area contributed by atoms with Crippen molar-refractivity contribution in [2.75, 3.05) is 18.1 Å². The first kappa shape index (κ1) is 18.0. The number of rotatable bonds is 3. The molecule has 5 nitrogen and oxygen atoms in total. The Balaban J connectivity index is 2.08. The quantitative estimate of drug-likeness (QED) is 0.520. The van der Waals surface area contributed by atoms with Gasteiger partial charge in [-0.1, -0.05) is 11.6 Å². The Hall–Kier alpha value is -2.81. The molecular formula is C16H11ClF4N4O. The highest BCUT2D eigenvalue weighted by Crippen LogP contribution is 2.32. The standard InChI is InChI=1S/C16H11ClF4N4O/c17-9-3-7(1-2-10(9)18)15-24-12-5-13(26-6-16(19,20)21)11(22)4-8(12)14(23)25-15/h1-5H,6,22H2,(H2,23,24,25). The van der Waals surface area contributed by atoms with E-state index in [2.05, 4.69) is 9.97 Å². The van der Waals surface area contributed by atoms with Crippen LogP contribution in [0.5, 0.6) is 5.75 Å². The molecule has 0 unspecified atom stereocenters. The molecule has 0 atom stereocenters. The fourth-order valence-corrected chi connectivity index (χ4v) is 2.43. The lowest BCUT2D eigenvalue weighted by Gasteiger charge is -2.13. The molecule has 26 heavy (non-hydrogen) atoms. The van der Waals surface area contributed by atoms with Crippen LogP contribution in [0, 0.1) is 5.82 Å². The molecule has 4 N–H and O–H groups in total. The summed E-state index contributed by atoms with van der Waals surface area (Å²) in [5.74, 6) is -0.612. The summed E-state index contributed by atoms with van der Waals surface area (Å²) >= 11 is 5.75. The number of hydrogen-bond donors (Lipinski definition) is 2. The molecule has 1 aromatic heterocycles. The Morgan fingerprint density at radius 3 is 2.46 bits per heavy atom. The molecule has 136 valence electrons. The predicted octanol–water partition coefficient (Wildman–Crippen LogP) is 4.19. The van der Waals surface area contributed by atoms with Crippen LogP contribution in [-0.2, 0) is 0 Å². The van der Waals surface area contributed by atoms with Gasteiger partial charge >= 0.3 is 6.18 Å². The normalized spacial score (nSPS) is 11.7. The second-order valence-corrected chi connectivity index (χ2v) is 5.78. The maximum atomic E-state index is 13.3. The van der Waals surface area contributed by atoms with Crippen molar-refractivity contribution in [2.45, 2.75) is 6.18 Å². The zero-order chi connectivity index (χ0) is 19.1. The van der Waals surface area contributed by atoms with Gasteiger partial charge in [0, 0.05) is 17.0 Å². The molecule has 0 aliphatic heterocycles. The van der Waals surface area contributed by atoms with Crippen LogP contribution in [0.15, 0.2) is 30.3 Å². The van der Waals surface area contributed by atoms with Gasteiger partial charge in [0.05, 0.1) is 16.2 Å². The largest absolute Gasteiger partial charge is 0.482 e. The molecule has 0 saturated heterocycles. The van der Waals surface area contributed by atoms with Crippen LogP contribution < -0.4 is 16.2 Å². The van der Waals surface area contributed by atoms with E-state index in [-0.39, 0.29) is 33.6 Å². The highest BCUT2D eigenvalue weighted by Gasteiger charge is 2.29. The number of nitrogens with zero attached hydrogens (tertiary/aromatic N) is 2. The average Bonchev–Trinajstić information content (AvgIpc) is 2.55. The SMILES string of the molecule is Nc1cc2c(N)nc(-c3ccc(F)c(Cl)c3)nc2cc1OCC(F)(F)F. The van der Waals surface area contributed by atoms with Crippen LogP contribution in [0.1, 0.15) is 0 Å². The third-order valence-electron chi connectivity index (χ3n) is 3.43. The van der Waals surface area contributed by atoms with E-state index in [1.165, 1.54) is 24.3 Å². The predicted molar refractivity (Wildman–Crippen MR) is 90.3 cm³/mol. The van der Waals surface area contributed by atoms with Crippen LogP contribution >= 0.6 is 11.6 Å². The van der Waals surface area contributed by atoms with Crippen LogP contribution in [-0.4, -0.2) is 22.8 Å². The van der Waals surface area contributed by atoms with Crippen LogP contribution in [0.2, 0.25) is 5.02 Å². The molecule has 10 heteroatoms. The Morgan fingerprint density at radius 1 is 1.08 bits per heavy atom. The van der Waals surface area contributed by atoms with E-state index in [0.29, 0.717) is 10.9 Å². The minimum Gasteiger partial charge on any atom is -0.482 e. The number of nitrogens with two attached hydrogens (primary N) is 2. The van der Waals surface area contributed by atoms with Crippen LogP contribution in [0.3, 0.4) is 0 Å². The molecule has 0 amide bonds. The van der Waals surface area contributed by atoms with E-state index in [1.54, 1.807) is 0 Å². The van der Waals surface area contributed by atoms with Gasteiger partial charge in [0.1, 0.15) is 17.4 Å². The number of fused-ring (bicyclic) bond motifs is 1. The van der Waals surface area contributed by atoms with Crippen LogP contribution in [0.4, 0.5) is 29.1 Å². The molecule has 3 aromatic rings. The number of halogens is 5. The van der Waals surface area contributed by atoms with E-state index in [9.17, 15) is 17.6 Å². The molecule has 1 heterocycles. The number of ether oxygens (including phenoxy) is 1. The number of hydrogen-bond acceptors (Lipinski definition) is 5. The minimum atomic E-state index is -4.51. The molecule has 3 rings (SSSR count). The van der Waals surface area contributed by atoms with E-state index in [0.717, 1.165) is 6.07 Å². The van der Waals surface area contributed by atoms with E-state index in [4.69, 9.17) is 27.8 Å². The topological polar surface area (TPSA) is 87.1 Å². The summed E-state index contributed by atoms with van der Waals surface area (Å²) in [7, 11) is 0. The first-order valence-corrected chi connectivity index (χ1v) is 7.53. The Labute approximate surface area is 149 Å². The number of aromatic nitrogens is 2. The van der Waals surface area contributed by atoms with Gasteiger partial charge in [-0.2, -0.15) is 13.2 Å². The molecule has 0 saturated carbocycles. The summed E-state index contributed by atoms with van der Waals surface area (Å²) in [6.45, 7) is -1.50. The third kappa shape index (κ3) is 3.72. The lowest BCUT2D eigenvalue weighted by atomic mass is 10.1. The smallest absolute Gasteiger partial charge is 0.422 e. The monoisotopic (exact) mass is 386 g/mol. The molecule has 2 aromatic carbocycles. The summed E-state index contributed by atoms with van der Waals surface area (Å²) in [5, 5.41) is 0.218. The lowest BCUT2D eigenvalue weighted by Crippen LogP contribution is -2.19. The Morgan fingerprint density at radius 2 is 1.81 bits per heavy atom. The van der Waals surface area contributed by atoms with E-state index >= 15 is 0 Å².